The van der Waals surface area contributed by atoms with E-state index in [1.165, 1.54) is 81.1 Å². The summed E-state index contributed by atoms with van der Waals surface area (Å²) in [6.07, 6.45) is 18.5. The van der Waals surface area contributed by atoms with Gasteiger partial charge in [-0.15, -0.1) is 28.7 Å². The van der Waals surface area contributed by atoms with Crippen LogP contribution in [-0.4, -0.2) is 23.3 Å². The van der Waals surface area contributed by atoms with Crippen molar-refractivity contribution in [2.24, 2.45) is 0 Å². The molecule has 42 heavy (non-hydrogen) atoms. The molecule has 2 aromatic carbocycles. The number of rotatable bonds is 20. The predicted octanol–water partition coefficient (Wildman–Crippen LogP) is 11.3. The number of carbonyl (C=O) groups is 1. The molecule has 1 amide bonds. The van der Waals surface area contributed by atoms with Crippen LogP contribution in [0.1, 0.15) is 115 Å². The molecule has 2 aromatic rings. The number of carbonyl (C=O) groups excluding carboxylic acids is 1. The van der Waals surface area contributed by atoms with Crippen LogP contribution < -0.4 is 9.64 Å². The Bertz CT molecular complexity index is 1100. The Kier molecular flexibility index (Phi) is 18.4. The average Bonchev–Trinajstić information content (AvgIpc) is 3.39. The Morgan fingerprint density at radius 3 is 2.19 bits per heavy atom. The van der Waals surface area contributed by atoms with Crippen molar-refractivity contribution in [1.29, 1.82) is 0 Å². The van der Waals surface area contributed by atoms with Gasteiger partial charge >= 0.3 is 0 Å². The van der Waals surface area contributed by atoms with Gasteiger partial charge in [0.05, 0.1) is 24.1 Å². The van der Waals surface area contributed by atoms with E-state index in [9.17, 15) is 4.79 Å². The quantitative estimate of drug-likeness (QED) is 0.130. The van der Waals surface area contributed by atoms with Gasteiger partial charge in [-0.3, -0.25) is 4.79 Å². The van der Waals surface area contributed by atoms with Gasteiger partial charge in [0, 0.05) is 24.9 Å². The van der Waals surface area contributed by atoms with Crippen molar-refractivity contribution in [1.82, 2.24) is 4.90 Å². The Labute approximate surface area is 275 Å². The van der Waals surface area contributed by atoms with Crippen LogP contribution in [0.2, 0.25) is 5.02 Å². The lowest BCUT2D eigenvalue weighted by Crippen LogP contribution is -2.29. The van der Waals surface area contributed by atoms with Gasteiger partial charge in [0.25, 0.3) is 0 Å². The largest absolute Gasteiger partial charge is 0.492 e. The molecule has 0 fully saturated rings. The van der Waals surface area contributed by atoms with Crippen LogP contribution in [-0.2, 0) is 17.9 Å². The van der Waals surface area contributed by atoms with E-state index < -0.39 is 0 Å². The summed E-state index contributed by atoms with van der Waals surface area (Å²) >= 11 is 8.35. The third-order valence-corrected chi connectivity index (χ3v) is 8.96. The fourth-order valence-corrected chi connectivity index (χ4v) is 6.17. The maximum absolute atomic E-state index is 13.0. The number of amides is 1. The molecule has 234 valence electrons. The zero-order valence-electron chi connectivity index (χ0n) is 26.0. The Hall–Kier alpha value is -1.63. The van der Waals surface area contributed by atoms with Gasteiger partial charge in [-0.1, -0.05) is 114 Å². The fraction of sp³-hybridized carbons (Fsp3) is 0.571. The summed E-state index contributed by atoms with van der Waals surface area (Å²) in [6.45, 7) is 8.33. The van der Waals surface area contributed by atoms with Crippen LogP contribution in [0.15, 0.2) is 53.6 Å². The van der Waals surface area contributed by atoms with Crippen LogP contribution in [0.4, 0.5) is 5.69 Å². The zero-order chi connectivity index (χ0) is 29.3. The SMILES string of the molecule is Br.CCCCCCCCCCCCCCOc1cc(CN(C(=O)CC)c2cccc(CN3C=C(C)SC3)c2)ccc1Cl. The first kappa shape index (κ1) is 36.6. The van der Waals surface area contributed by atoms with Gasteiger partial charge in [-0.25, -0.2) is 0 Å². The first-order valence-corrected chi connectivity index (χ1v) is 17.2. The highest BCUT2D eigenvalue weighted by Crippen LogP contribution is 2.29. The molecule has 0 radical (unpaired) electrons. The number of thioether (sulfide) groups is 1. The van der Waals surface area contributed by atoms with Crippen LogP contribution in [0, 0.1) is 0 Å². The number of anilines is 1. The summed E-state index contributed by atoms with van der Waals surface area (Å²) < 4.78 is 6.10. The van der Waals surface area contributed by atoms with Crippen LogP contribution in [0.5, 0.6) is 5.75 Å². The summed E-state index contributed by atoms with van der Waals surface area (Å²) in [7, 11) is 0. The second-order valence-electron chi connectivity index (χ2n) is 11.3. The van der Waals surface area contributed by atoms with E-state index >= 15 is 0 Å². The van der Waals surface area contributed by atoms with Gasteiger partial charge in [-0.2, -0.15) is 0 Å². The van der Waals surface area contributed by atoms with Crippen molar-refractivity contribution in [3.8, 4) is 5.75 Å². The lowest BCUT2D eigenvalue weighted by atomic mass is 10.1. The molecule has 0 aromatic heterocycles. The van der Waals surface area contributed by atoms with Crippen molar-refractivity contribution in [2.75, 3.05) is 17.4 Å². The van der Waals surface area contributed by atoms with Gasteiger partial charge < -0.3 is 14.5 Å². The number of unbranched alkanes of at least 4 members (excludes halogenated alkanes) is 11. The number of nitrogens with zero attached hydrogens (tertiary/aromatic N) is 2. The molecule has 0 unspecified atom stereocenters. The fourth-order valence-electron chi connectivity index (χ4n) is 5.24. The first-order chi connectivity index (χ1) is 20.0. The molecular formula is C35H52BrClN2O2S. The Morgan fingerprint density at radius 1 is 0.905 bits per heavy atom. The molecule has 0 spiro atoms. The highest BCUT2D eigenvalue weighted by molar-refractivity contribution is 8.93. The van der Waals surface area contributed by atoms with Crippen LogP contribution in [0.25, 0.3) is 0 Å². The summed E-state index contributed by atoms with van der Waals surface area (Å²) in [6, 6.07) is 14.2. The molecular weight excluding hydrogens is 628 g/mol. The minimum atomic E-state index is 0. The minimum absolute atomic E-state index is 0. The maximum Gasteiger partial charge on any atom is 0.227 e. The van der Waals surface area contributed by atoms with E-state index in [-0.39, 0.29) is 22.9 Å². The predicted molar refractivity (Wildman–Crippen MR) is 188 cm³/mol. The normalized spacial score (nSPS) is 12.7. The third-order valence-electron chi connectivity index (χ3n) is 7.63. The van der Waals surface area contributed by atoms with Crippen molar-refractivity contribution < 1.29 is 9.53 Å². The molecule has 7 heteroatoms. The van der Waals surface area contributed by atoms with E-state index in [0.29, 0.717) is 30.3 Å². The highest BCUT2D eigenvalue weighted by Gasteiger charge is 2.17. The van der Waals surface area contributed by atoms with Gasteiger partial charge in [0.15, 0.2) is 0 Å². The number of benzene rings is 2. The molecule has 1 aliphatic heterocycles. The molecule has 0 saturated carbocycles. The van der Waals surface area contributed by atoms with E-state index in [1.807, 2.05) is 53.9 Å². The van der Waals surface area contributed by atoms with Crippen molar-refractivity contribution >= 4 is 51.9 Å². The molecule has 0 saturated heterocycles. The Morgan fingerprint density at radius 2 is 1.57 bits per heavy atom. The smallest absolute Gasteiger partial charge is 0.227 e. The summed E-state index contributed by atoms with van der Waals surface area (Å²) in [5, 5.41) is 0.620. The maximum atomic E-state index is 13.0. The second kappa shape index (κ2) is 21.1. The highest BCUT2D eigenvalue weighted by atomic mass is 79.9. The van der Waals surface area contributed by atoms with Crippen LogP contribution in [0.3, 0.4) is 0 Å². The zero-order valence-corrected chi connectivity index (χ0v) is 29.3. The molecule has 1 aliphatic rings. The molecule has 0 bridgehead atoms. The molecule has 0 aliphatic carbocycles. The number of hydrogen-bond acceptors (Lipinski definition) is 4. The monoisotopic (exact) mass is 678 g/mol. The average molecular weight is 680 g/mol. The summed E-state index contributed by atoms with van der Waals surface area (Å²) in [5.41, 5.74) is 3.14. The van der Waals surface area contributed by atoms with Gasteiger partial charge in [-0.05, 0) is 53.6 Å². The molecule has 0 N–H and O–H groups in total. The summed E-state index contributed by atoms with van der Waals surface area (Å²) in [4.78, 5) is 18.5. The van der Waals surface area contributed by atoms with Gasteiger partial charge in [0.1, 0.15) is 5.75 Å². The lowest BCUT2D eigenvalue weighted by molar-refractivity contribution is -0.118. The van der Waals surface area contributed by atoms with Crippen molar-refractivity contribution in [2.45, 2.75) is 117 Å². The lowest BCUT2D eigenvalue weighted by Gasteiger charge is -2.24. The Balaban J connectivity index is 0.00000616. The topological polar surface area (TPSA) is 32.8 Å². The minimum Gasteiger partial charge on any atom is -0.492 e. The van der Waals surface area contributed by atoms with E-state index in [4.69, 9.17) is 16.3 Å². The van der Waals surface area contributed by atoms with Crippen molar-refractivity contribution in [3.05, 3.63) is 69.7 Å². The first-order valence-electron chi connectivity index (χ1n) is 15.9. The second-order valence-corrected chi connectivity index (χ2v) is 12.9. The molecule has 1 heterocycles. The van der Waals surface area contributed by atoms with Crippen molar-refractivity contribution in [3.63, 3.8) is 0 Å². The van der Waals surface area contributed by atoms with Crippen LogP contribution >= 0.6 is 40.3 Å². The number of allylic oxidation sites excluding steroid dienone is 1. The molecule has 4 nitrogen and oxygen atoms in total. The summed E-state index contributed by atoms with van der Waals surface area (Å²) in [5.74, 6) is 1.78. The molecule has 0 atom stereocenters. The standard InChI is InChI=1S/C35H51ClN2O2S.BrH/c1-4-6-7-8-9-10-11-12-13-14-15-16-22-40-34-24-31(20-21-33(34)36)27-38(35(39)5-2)32-19-17-18-30(23-32)26-37-25-29(3)41-28-37;/h17-21,23-25H,4-16,22,26-28H2,1-3H3;1H. The van der Waals surface area contributed by atoms with E-state index in [0.717, 1.165) is 30.1 Å². The number of ether oxygens (including phenoxy) is 1. The van der Waals surface area contributed by atoms with Gasteiger partial charge in [0.2, 0.25) is 5.91 Å². The third kappa shape index (κ3) is 13.3. The number of hydrogen-bond donors (Lipinski definition) is 0. The van der Waals surface area contributed by atoms with E-state index in [2.05, 4.69) is 37.1 Å². The number of halogens is 2. The van der Waals surface area contributed by atoms with E-state index in [1.54, 1.807) is 0 Å². The molecule has 3 rings (SSSR count).